The van der Waals surface area contributed by atoms with Crippen molar-refractivity contribution < 1.29 is 4.39 Å². The third-order valence-corrected chi connectivity index (χ3v) is 4.61. The van der Waals surface area contributed by atoms with Gasteiger partial charge in [-0.15, -0.1) is 0 Å². The second kappa shape index (κ2) is 5.03. The Morgan fingerprint density at radius 3 is 2.81 bits per heavy atom. The van der Waals surface area contributed by atoms with E-state index in [2.05, 4.69) is 21.2 Å². The molecule has 0 heterocycles. The highest BCUT2D eigenvalue weighted by Gasteiger charge is 2.33. The van der Waals surface area contributed by atoms with Crippen molar-refractivity contribution >= 4 is 27.5 Å². The van der Waals surface area contributed by atoms with Crippen molar-refractivity contribution in [3.05, 3.63) is 33.0 Å². The summed E-state index contributed by atoms with van der Waals surface area (Å²) < 4.78 is 14.6. The Morgan fingerprint density at radius 2 is 2.25 bits per heavy atom. The lowest BCUT2D eigenvalue weighted by Gasteiger charge is -2.37. The monoisotopic (exact) mass is 305 g/mol. The van der Waals surface area contributed by atoms with Gasteiger partial charge in [0.25, 0.3) is 0 Å². The van der Waals surface area contributed by atoms with Crippen LogP contribution in [0.2, 0.25) is 5.02 Å². The molecule has 1 aliphatic carbocycles. The van der Waals surface area contributed by atoms with Gasteiger partial charge in [-0.2, -0.15) is 0 Å². The maximum absolute atomic E-state index is 14.0. The van der Waals surface area contributed by atoms with Crippen molar-refractivity contribution in [3.63, 3.8) is 0 Å². The molecule has 0 aromatic heterocycles. The van der Waals surface area contributed by atoms with E-state index in [0.29, 0.717) is 16.3 Å². The van der Waals surface area contributed by atoms with E-state index < -0.39 is 0 Å². The maximum atomic E-state index is 14.0. The Labute approximate surface area is 109 Å². The van der Waals surface area contributed by atoms with E-state index >= 15 is 0 Å². The van der Waals surface area contributed by atoms with E-state index in [9.17, 15) is 4.39 Å². The molecule has 1 aromatic carbocycles. The van der Waals surface area contributed by atoms with Gasteiger partial charge in [0.1, 0.15) is 5.82 Å². The Bertz CT molecular complexity index is 397. The van der Waals surface area contributed by atoms with E-state index in [4.69, 9.17) is 11.6 Å². The van der Waals surface area contributed by atoms with E-state index in [1.54, 1.807) is 0 Å². The molecule has 0 amide bonds. The second-order valence-corrected chi connectivity index (χ2v) is 5.50. The Kier molecular flexibility index (Phi) is 3.88. The SMILES string of the molecule is CNCC1CCC1c1ccc(Br)c(Cl)c1F. The number of hydrogen-bond donors (Lipinski definition) is 1. The van der Waals surface area contributed by atoms with E-state index in [0.717, 1.165) is 18.5 Å². The van der Waals surface area contributed by atoms with Crippen LogP contribution in [-0.4, -0.2) is 13.6 Å². The quantitative estimate of drug-likeness (QED) is 0.834. The first-order chi connectivity index (χ1) is 7.65. The summed E-state index contributed by atoms with van der Waals surface area (Å²) >= 11 is 9.13. The van der Waals surface area contributed by atoms with Gasteiger partial charge < -0.3 is 5.32 Å². The van der Waals surface area contributed by atoms with Crippen LogP contribution in [0.4, 0.5) is 4.39 Å². The van der Waals surface area contributed by atoms with Crippen LogP contribution in [0.5, 0.6) is 0 Å². The normalized spacial score (nSPS) is 24.2. The van der Waals surface area contributed by atoms with Crippen LogP contribution in [0.3, 0.4) is 0 Å². The predicted molar refractivity (Wildman–Crippen MR) is 68.5 cm³/mol. The fourth-order valence-corrected chi connectivity index (χ4v) is 2.79. The van der Waals surface area contributed by atoms with Crippen LogP contribution in [0.15, 0.2) is 16.6 Å². The number of nitrogens with one attached hydrogen (secondary N) is 1. The van der Waals surface area contributed by atoms with Gasteiger partial charge in [0.15, 0.2) is 0 Å². The van der Waals surface area contributed by atoms with Gasteiger partial charge in [-0.25, -0.2) is 4.39 Å². The van der Waals surface area contributed by atoms with Crippen LogP contribution in [-0.2, 0) is 0 Å². The number of rotatable bonds is 3. The molecule has 0 spiro atoms. The van der Waals surface area contributed by atoms with Crippen molar-refractivity contribution in [3.8, 4) is 0 Å². The lowest BCUT2D eigenvalue weighted by Crippen LogP contribution is -2.32. The molecule has 1 nitrogen and oxygen atoms in total. The largest absolute Gasteiger partial charge is 0.319 e. The minimum atomic E-state index is -0.262. The van der Waals surface area contributed by atoms with Crippen LogP contribution in [0, 0.1) is 11.7 Å². The Balaban J connectivity index is 2.24. The molecule has 0 saturated heterocycles. The van der Waals surface area contributed by atoms with Gasteiger partial charge in [0, 0.05) is 4.47 Å². The molecule has 88 valence electrons. The van der Waals surface area contributed by atoms with Crippen LogP contribution in [0.25, 0.3) is 0 Å². The minimum Gasteiger partial charge on any atom is -0.319 e. The molecule has 1 aromatic rings. The van der Waals surface area contributed by atoms with Crippen molar-refractivity contribution in [2.45, 2.75) is 18.8 Å². The zero-order valence-corrected chi connectivity index (χ0v) is 11.4. The maximum Gasteiger partial charge on any atom is 0.146 e. The highest BCUT2D eigenvalue weighted by atomic mass is 79.9. The average molecular weight is 307 g/mol. The molecule has 4 heteroatoms. The first-order valence-electron chi connectivity index (χ1n) is 5.43. The summed E-state index contributed by atoms with van der Waals surface area (Å²) in [5.74, 6) is 0.594. The molecule has 2 unspecified atom stereocenters. The molecule has 1 N–H and O–H groups in total. The zero-order valence-electron chi connectivity index (χ0n) is 9.06. The Morgan fingerprint density at radius 1 is 1.50 bits per heavy atom. The predicted octanol–water partition coefficient (Wildman–Crippen LogP) is 3.95. The number of benzene rings is 1. The average Bonchev–Trinajstić information content (AvgIpc) is 2.25. The molecule has 0 aliphatic heterocycles. The van der Waals surface area contributed by atoms with Gasteiger partial charge in [-0.05, 0) is 65.8 Å². The fourth-order valence-electron chi connectivity index (χ4n) is 2.31. The molecule has 1 saturated carbocycles. The van der Waals surface area contributed by atoms with Crippen LogP contribution < -0.4 is 5.32 Å². The lowest BCUT2D eigenvalue weighted by atomic mass is 9.70. The van der Waals surface area contributed by atoms with Crippen molar-refractivity contribution in [2.75, 3.05) is 13.6 Å². The lowest BCUT2D eigenvalue weighted by molar-refractivity contribution is 0.245. The topological polar surface area (TPSA) is 12.0 Å². The van der Waals surface area contributed by atoms with Crippen LogP contribution in [0.1, 0.15) is 24.3 Å². The molecule has 2 rings (SSSR count). The molecule has 0 bridgehead atoms. The van der Waals surface area contributed by atoms with Gasteiger partial charge in [-0.3, -0.25) is 0 Å². The summed E-state index contributed by atoms with van der Waals surface area (Å²) in [4.78, 5) is 0. The highest BCUT2D eigenvalue weighted by molar-refractivity contribution is 9.10. The third-order valence-electron chi connectivity index (χ3n) is 3.35. The Hall–Kier alpha value is -0.120. The second-order valence-electron chi connectivity index (χ2n) is 4.27. The minimum absolute atomic E-state index is 0.201. The molecule has 1 aliphatic rings. The van der Waals surface area contributed by atoms with E-state index in [1.165, 1.54) is 6.42 Å². The van der Waals surface area contributed by atoms with Gasteiger partial charge in [0.2, 0.25) is 0 Å². The molecular weight excluding hydrogens is 292 g/mol. The van der Waals surface area contributed by atoms with E-state index in [-0.39, 0.29) is 10.8 Å². The van der Waals surface area contributed by atoms with Crippen molar-refractivity contribution in [1.82, 2.24) is 5.32 Å². The molecule has 1 fully saturated rings. The van der Waals surface area contributed by atoms with Crippen molar-refractivity contribution in [2.24, 2.45) is 5.92 Å². The molecule has 16 heavy (non-hydrogen) atoms. The highest BCUT2D eigenvalue weighted by Crippen LogP contribution is 2.44. The summed E-state index contributed by atoms with van der Waals surface area (Å²) in [5.41, 5.74) is 0.764. The summed E-state index contributed by atoms with van der Waals surface area (Å²) in [6.45, 7) is 0.942. The first-order valence-corrected chi connectivity index (χ1v) is 6.60. The summed E-state index contributed by atoms with van der Waals surface area (Å²) in [5, 5.41) is 3.35. The van der Waals surface area contributed by atoms with Crippen LogP contribution >= 0.6 is 27.5 Å². The molecule has 2 atom stereocenters. The zero-order chi connectivity index (χ0) is 11.7. The third kappa shape index (κ3) is 2.13. The van der Waals surface area contributed by atoms with Gasteiger partial charge in [-0.1, -0.05) is 17.7 Å². The molecule has 0 radical (unpaired) electrons. The van der Waals surface area contributed by atoms with Gasteiger partial charge >= 0.3 is 0 Å². The number of halogens is 3. The standard InChI is InChI=1S/C12H14BrClFN/c1-16-6-7-2-3-8(7)9-4-5-10(13)11(14)12(9)15/h4-5,7-8,16H,2-3,6H2,1H3. The van der Waals surface area contributed by atoms with E-state index in [1.807, 2.05) is 19.2 Å². The summed E-state index contributed by atoms with van der Waals surface area (Å²) in [6, 6.07) is 3.67. The van der Waals surface area contributed by atoms with Gasteiger partial charge in [0.05, 0.1) is 5.02 Å². The summed E-state index contributed by atoms with van der Waals surface area (Å²) in [7, 11) is 1.93. The molecular formula is C12H14BrClFN. The first kappa shape index (κ1) is 12.3. The summed E-state index contributed by atoms with van der Waals surface area (Å²) in [6.07, 6.45) is 2.22. The van der Waals surface area contributed by atoms with Crippen molar-refractivity contribution in [1.29, 1.82) is 0 Å². The smallest absolute Gasteiger partial charge is 0.146 e. The fraction of sp³-hybridized carbons (Fsp3) is 0.500. The number of hydrogen-bond acceptors (Lipinski definition) is 1.